The van der Waals surface area contributed by atoms with E-state index in [-0.39, 0.29) is 23.8 Å². The number of hydrogen-bond donors (Lipinski definition) is 1. The lowest BCUT2D eigenvalue weighted by molar-refractivity contribution is 0.0204. The van der Waals surface area contributed by atoms with Crippen LogP contribution in [0, 0.1) is 6.92 Å². The van der Waals surface area contributed by atoms with Gasteiger partial charge in [-0.15, -0.1) is 11.3 Å². The Morgan fingerprint density at radius 1 is 1.24 bits per heavy atom. The average molecular weight is 357 g/mol. The number of nitrogens with one attached hydrogen (secondary N) is 1. The third kappa shape index (κ3) is 3.17. The molecule has 1 atom stereocenters. The molecule has 1 N–H and O–H groups in total. The maximum Gasteiger partial charge on any atom is 0.355 e. The van der Waals surface area contributed by atoms with Crippen molar-refractivity contribution in [3.8, 4) is 0 Å². The van der Waals surface area contributed by atoms with E-state index < -0.39 is 0 Å². The number of rotatable bonds is 3. The summed E-state index contributed by atoms with van der Waals surface area (Å²) in [5.74, 6) is 0.0321. The van der Waals surface area contributed by atoms with Crippen LogP contribution in [0.25, 0.3) is 0 Å². The summed E-state index contributed by atoms with van der Waals surface area (Å²) in [4.78, 5) is 29.7. The number of carbonyl (C=O) groups is 2. The minimum Gasteiger partial charge on any atom is -0.458 e. The van der Waals surface area contributed by atoms with Crippen molar-refractivity contribution in [3.05, 3.63) is 44.9 Å². The van der Waals surface area contributed by atoms with Gasteiger partial charge < -0.3 is 9.72 Å². The van der Waals surface area contributed by atoms with Crippen molar-refractivity contribution < 1.29 is 14.3 Å². The topological polar surface area (TPSA) is 59.2 Å². The number of Topliss-reactive ketones (excluding diaryl/α,β-unsaturated/α-hetero) is 1. The van der Waals surface area contributed by atoms with Gasteiger partial charge in [0.25, 0.3) is 0 Å². The van der Waals surface area contributed by atoms with E-state index >= 15 is 0 Å². The third-order valence-electron chi connectivity index (χ3n) is 5.46. The molecule has 0 radical (unpaired) electrons. The predicted octanol–water partition coefficient (Wildman–Crippen LogP) is 4.79. The molecule has 2 aromatic heterocycles. The zero-order chi connectivity index (χ0) is 17.4. The quantitative estimate of drug-likeness (QED) is 0.804. The number of esters is 1. The highest BCUT2D eigenvalue weighted by Gasteiger charge is 2.33. The molecule has 0 aromatic carbocycles. The Kier molecular flexibility index (Phi) is 4.50. The lowest BCUT2D eigenvalue weighted by Crippen LogP contribution is -2.21. The van der Waals surface area contributed by atoms with E-state index in [0.29, 0.717) is 17.7 Å². The molecule has 2 aromatic rings. The van der Waals surface area contributed by atoms with Crippen molar-refractivity contribution in [2.24, 2.45) is 0 Å². The second kappa shape index (κ2) is 6.79. The molecule has 2 aliphatic rings. The molecule has 0 bridgehead atoms. The molecule has 4 nitrogen and oxygen atoms in total. The lowest BCUT2D eigenvalue weighted by Gasteiger charge is -2.21. The molecule has 2 heterocycles. The summed E-state index contributed by atoms with van der Waals surface area (Å²) in [6.45, 7) is 1.86. The first-order chi connectivity index (χ1) is 12.1. The largest absolute Gasteiger partial charge is 0.458 e. The summed E-state index contributed by atoms with van der Waals surface area (Å²) in [6.07, 6.45) is 6.69. The molecule has 25 heavy (non-hydrogen) atoms. The van der Waals surface area contributed by atoms with Crippen LogP contribution in [0.2, 0.25) is 0 Å². The molecule has 1 saturated carbocycles. The Morgan fingerprint density at radius 3 is 2.76 bits per heavy atom. The molecule has 5 heteroatoms. The summed E-state index contributed by atoms with van der Waals surface area (Å²) >= 11 is 1.69. The number of fused-ring (bicyclic) bond motifs is 1. The zero-order valence-electron chi connectivity index (χ0n) is 14.5. The minimum atomic E-state index is -0.306. The van der Waals surface area contributed by atoms with E-state index in [1.165, 1.54) is 11.3 Å². The maximum atomic E-state index is 12.7. The molecule has 1 fully saturated rings. The highest BCUT2D eigenvalue weighted by atomic mass is 32.1. The van der Waals surface area contributed by atoms with Gasteiger partial charge >= 0.3 is 5.97 Å². The Hall–Kier alpha value is -1.88. The van der Waals surface area contributed by atoms with Crippen LogP contribution in [0.4, 0.5) is 0 Å². The third-order valence-corrected chi connectivity index (χ3v) is 6.50. The molecular weight excluding hydrogens is 334 g/mol. The van der Waals surface area contributed by atoms with Gasteiger partial charge in [0.05, 0.1) is 0 Å². The summed E-state index contributed by atoms with van der Waals surface area (Å²) in [5.41, 5.74) is 2.83. The van der Waals surface area contributed by atoms with E-state index in [1.54, 1.807) is 11.3 Å². The number of aromatic amines is 1. The van der Waals surface area contributed by atoms with Crippen LogP contribution in [0.1, 0.15) is 81.4 Å². The van der Waals surface area contributed by atoms with Crippen LogP contribution in [0.5, 0.6) is 0 Å². The molecule has 0 aliphatic heterocycles. The first-order valence-corrected chi connectivity index (χ1v) is 10.0. The second-order valence-corrected chi connectivity index (χ2v) is 8.17. The van der Waals surface area contributed by atoms with Gasteiger partial charge in [-0.2, -0.15) is 0 Å². The predicted molar refractivity (Wildman–Crippen MR) is 97.5 cm³/mol. The standard InChI is InChI=1S/C20H23NO3S/c1-12-18-15(10-13(11-16(18)22)17-8-5-9-25-17)21-19(12)20(23)24-14-6-3-2-4-7-14/h5,8-9,13-14,21H,2-4,6-7,10-11H2,1H3. The number of aromatic nitrogens is 1. The van der Waals surface area contributed by atoms with Crippen LogP contribution < -0.4 is 0 Å². The number of hydrogen-bond acceptors (Lipinski definition) is 4. The minimum absolute atomic E-state index is 0.0237. The van der Waals surface area contributed by atoms with E-state index in [2.05, 4.69) is 11.1 Å². The summed E-state index contributed by atoms with van der Waals surface area (Å²) in [5, 5.41) is 2.04. The monoisotopic (exact) mass is 357 g/mol. The van der Waals surface area contributed by atoms with Gasteiger partial charge in [-0.25, -0.2) is 4.79 Å². The van der Waals surface area contributed by atoms with Crippen LogP contribution in [0.3, 0.4) is 0 Å². The first-order valence-electron chi connectivity index (χ1n) is 9.12. The van der Waals surface area contributed by atoms with Crippen LogP contribution >= 0.6 is 11.3 Å². The Morgan fingerprint density at radius 2 is 2.04 bits per heavy atom. The van der Waals surface area contributed by atoms with Crippen molar-refractivity contribution >= 4 is 23.1 Å². The number of carbonyl (C=O) groups excluding carboxylic acids is 2. The molecule has 4 rings (SSSR count). The van der Waals surface area contributed by atoms with Gasteiger partial charge in [0.15, 0.2) is 5.78 Å². The summed E-state index contributed by atoms with van der Waals surface area (Å²) in [7, 11) is 0. The van der Waals surface area contributed by atoms with Crippen molar-refractivity contribution in [2.75, 3.05) is 0 Å². The Labute approximate surface area is 151 Å². The van der Waals surface area contributed by atoms with Gasteiger partial charge in [0.2, 0.25) is 0 Å². The first kappa shape index (κ1) is 16.6. The smallest absolute Gasteiger partial charge is 0.355 e. The van der Waals surface area contributed by atoms with Gasteiger partial charge in [0.1, 0.15) is 11.8 Å². The Bertz CT molecular complexity index is 784. The van der Waals surface area contributed by atoms with E-state index in [9.17, 15) is 9.59 Å². The molecule has 0 saturated heterocycles. The maximum absolute atomic E-state index is 12.7. The SMILES string of the molecule is Cc1c(C(=O)OC2CCCCC2)[nH]c2c1C(=O)CC(c1cccs1)C2. The van der Waals surface area contributed by atoms with Gasteiger partial charge in [-0.05, 0) is 56.0 Å². The van der Waals surface area contributed by atoms with Gasteiger partial charge in [0, 0.05) is 28.5 Å². The number of H-pyrrole nitrogens is 1. The number of thiophene rings is 1. The van der Waals surface area contributed by atoms with Crippen molar-refractivity contribution in [3.63, 3.8) is 0 Å². The molecule has 1 unspecified atom stereocenters. The molecule has 0 amide bonds. The van der Waals surface area contributed by atoms with Crippen LogP contribution in [-0.2, 0) is 11.2 Å². The average Bonchev–Trinajstić information content (AvgIpc) is 3.24. The van der Waals surface area contributed by atoms with Crippen molar-refractivity contribution in [1.82, 2.24) is 4.98 Å². The van der Waals surface area contributed by atoms with Gasteiger partial charge in [-0.1, -0.05) is 12.5 Å². The second-order valence-electron chi connectivity index (χ2n) is 7.19. The lowest BCUT2D eigenvalue weighted by atomic mass is 9.84. The van der Waals surface area contributed by atoms with E-state index in [1.807, 2.05) is 18.4 Å². The fourth-order valence-electron chi connectivity index (χ4n) is 4.16. The van der Waals surface area contributed by atoms with E-state index in [4.69, 9.17) is 4.74 Å². The molecule has 2 aliphatic carbocycles. The van der Waals surface area contributed by atoms with Crippen LogP contribution in [0.15, 0.2) is 17.5 Å². The normalized spacial score (nSPS) is 21.2. The fourth-order valence-corrected chi connectivity index (χ4v) is 4.99. The number of ketones is 1. The fraction of sp³-hybridized carbons (Fsp3) is 0.500. The van der Waals surface area contributed by atoms with Crippen molar-refractivity contribution in [2.45, 2.75) is 63.9 Å². The molecular formula is C20H23NO3S. The van der Waals surface area contributed by atoms with Crippen molar-refractivity contribution in [1.29, 1.82) is 0 Å². The van der Waals surface area contributed by atoms with Gasteiger partial charge in [-0.3, -0.25) is 4.79 Å². The molecule has 132 valence electrons. The van der Waals surface area contributed by atoms with E-state index in [0.717, 1.165) is 43.4 Å². The highest BCUT2D eigenvalue weighted by molar-refractivity contribution is 7.10. The summed E-state index contributed by atoms with van der Waals surface area (Å²) in [6, 6.07) is 4.11. The highest BCUT2D eigenvalue weighted by Crippen LogP contribution is 2.37. The van der Waals surface area contributed by atoms with Crippen LogP contribution in [-0.4, -0.2) is 22.8 Å². The summed E-state index contributed by atoms with van der Waals surface area (Å²) < 4.78 is 5.69. The molecule has 0 spiro atoms. The zero-order valence-corrected chi connectivity index (χ0v) is 15.3. The Balaban J connectivity index is 1.56. The number of ether oxygens (including phenoxy) is 1.